The molecular weight excluding hydrogens is 446 g/mol. The van der Waals surface area contributed by atoms with Gasteiger partial charge in [-0.25, -0.2) is 15.0 Å². The van der Waals surface area contributed by atoms with Crippen molar-refractivity contribution in [2.24, 2.45) is 7.05 Å². The molecule has 1 saturated heterocycles. The van der Waals surface area contributed by atoms with Crippen LogP contribution in [0.15, 0.2) is 54.6 Å². The number of benzene rings is 2. The molecule has 9 heteroatoms. The first-order valence-electron chi connectivity index (χ1n) is 11.4. The molecule has 0 spiro atoms. The third kappa shape index (κ3) is 4.08. The summed E-state index contributed by atoms with van der Waals surface area (Å²) in [6, 6.07) is 10.3. The van der Waals surface area contributed by atoms with E-state index in [-0.39, 0.29) is 6.10 Å². The molecule has 6 rings (SSSR count). The Labute approximate surface area is 201 Å². The van der Waals surface area contributed by atoms with Gasteiger partial charge >= 0.3 is 0 Å². The van der Waals surface area contributed by atoms with Gasteiger partial charge in [0.1, 0.15) is 24.0 Å². The summed E-state index contributed by atoms with van der Waals surface area (Å²) in [5, 5.41) is 8.71. The van der Waals surface area contributed by atoms with Gasteiger partial charge in [0.25, 0.3) is 0 Å². The Morgan fingerprint density at radius 1 is 1.00 bits per heavy atom. The smallest absolute Gasteiger partial charge is 0.145 e. The Morgan fingerprint density at radius 3 is 2.71 bits per heavy atom. The molecule has 0 bridgehead atoms. The van der Waals surface area contributed by atoms with Crippen LogP contribution in [0.3, 0.4) is 0 Å². The number of likely N-dealkylation sites (tertiary alicyclic amines) is 1. The molecule has 1 aliphatic rings. The summed E-state index contributed by atoms with van der Waals surface area (Å²) in [7, 11) is 4.08. The maximum Gasteiger partial charge on any atom is 0.145 e. The van der Waals surface area contributed by atoms with Gasteiger partial charge in [-0.1, -0.05) is 0 Å². The van der Waals surface area contributed by atoms with Gasteiger partial charge in [0, 0.05) is 37.6 Å². The van der Waals surface area contributed by atoms with Crippen molar-refractivity contribution in [3.63, 3.8) is 0 Å². The van der Waals surface area contributed by atoms with Gasteiger partial charge in [-0.05, 0) is 55.8 Å². The zero-order chi connectivity index (χ0) is 23.1. The standard InChI is InChI=1S/C25H25N7OS/c1-31-7-5-19(6-8-31)33-22-10-16(17-12-29-32(2)13-17)9-21-24(22)25(27-14-26-21)30-18-3-4-23-20(11-18)28-15-34-23/h3-4,9-15,19H,5-8H2,1-2H3,(H,26,27,30). The van der Waals surface area contributed by atoms with E-state index in [4.69, 9.17) is 4.74 Å². The predicted molar refractivity (Wildman–Crippen MR) is 136 cm³/mol. The van der Waals surface area contributed by atoms with Gasteiger partial charge < -0.3 is 15.0 Å². The van der Waals surface area contributed by atoms with E-state index in [9.17, 15) is 0 Å². The Kier molecular flexibility index (Phi) is 5.35. The molecule has 0 radical (unpaired) electrons. The first-order valence-corrected chi connectivity index (χ1v) is 12.2. The average molecular weight is 472 g/mol. The lowest BCUT2D eigenvalue weighted by Gasteiger charge is -2.30. The minimum absolute atomic E-state index is 0.156. The molecule has 2 aromatic carbocycles. The van der Waals surface area contributed by atoms with Crippen LogP contribution in [0.1, 0.15) is 12.8 Å². The predicted octanol–water partition coefficient (Wildman–Crippen LogP) is 4.86. The highest BCUT2D eigenvalue weighted by atomic mass is 32.1. The Bertz CT molecular complexity index is 1470. The molecule has 34 heavy (non-hydrogen) atoms. The molecule has 0 aliphatic carbocycles. The van der Waals surface area contributed by atoms with E-state index in [0.29, 0.717) is 0 Å². The molecule has 172 valence electrons. The summed E-state index contributed by atoms with van der Waals surface area (Å²) >= 11 is 1.63. The normalized spacial score (nSPS) is 15.2. The second-order valence-electron chi connectivity index (χ2n) is 8.77. The van der Waals surface area contributed by atoms with Crippen molar-refractivity contribution in [1.82, 2.24) is 29.6 Å². The number of aromatic nitrogens is 5. The van der Waals surface area contributed by atoms with Gasteiger partial charge in [0.05, 0.1) is 32.8 Å². The molecule has 5 aromatic rings. The average Bonchev–Trinajstić information content (AvgIpc) is 3.49. The van der Waals surface area contributed by atoms with Crippen molar-refractivity contribution >= 4 is 44.0 Å². The van der Waals surface area contributed by atoms with E-state index in [1.807, 2.05) is 31.0 Å². The maximum atomic E-state index is 6.64. The second-order valence-corrected chi connectivity index (χ2v) is 9.66. The summed E-state index contributed by atoms with van der Waals surface area (Å²) in [4.78, 5) is 16.0. The lowest BCUT2D eigenvalue weighted by atomic mass is 10.0. The number of fused-ring (bicyclic) bond motifs is 2. The fraction of sp³-hybridized carbons (Fsp3) is 0.280. The van der Waals surface area contributed by atoms with Crippen LogP contribution < -0.4 is 10.1 Å². The van der Waals surface area contributed by atoms with Crippen LogP contribution in [0.25, 0.3) is 32.2 Å². The van der Waals surface area contributed by atoms with E-state index >= 15 is 0 Å². The van der Waals surface area contributed by atoms with Crippen LogP contribution in [0, 0.1) is 0 Å². The monoisotopic (exact) mass is 471 g/mol. The second kappa shape index (κ2) is 8.66. The Morgan fingerprint density at radius 2 is 1.88 bits per heavy atom. The van der Waals surface area contributed by atoms with Crippen LogP contribution in [0.5, 0.6) is 5.75 Å². The first kappa shape index (κ1) is 21.0. The van der Waals surface area contributed by atoms with Crippen molar-refractivity contribution in [2.75, 3.05) is 25.5 Å². The number of thiazole rings is 1. The molecule has 0 atom stereocenters. The summed E-state index contributed by atoms with van der Waals surface area (Å²) in [6.07, 6.45) is 7.60. The van der Waals surface area contributed by atoms with Crippen molar-refractivity contribution in [3.8, 4) is 16.9 Å². The molecule has 1 aliphatic heterocycles. The minimum Gasteiger partial charge on any atom is -0.489 e. The molecule has 4 heterocycles. The number of piperidine rings is 1. The highest BCUT2D eigenvalue weighted by molar-refractivity contribution is 7.16. The third-order valence-electron chi connectivity index (χ3n) is 6.29. The van der Waals surface area contributed by atoms with E-state index in [0.717, 1.165) is 75.4 Å². The van der Waals surface area contributed by atoms with Crippen molar-refractivity contribution in [1.29, 1.82) is 0 Å². The fourth-order valence-corrected chi connectivity index (χ4v) is 5.09. The van der Waals surface area contributed by atoms with E-state index in [1.54, 1.807) is 22.3 Å². The number of anilines is 2. The maximum absolute atomic E-state index is 6.64. The highest BCUT2D eigenvalue weighted by Crippen LogP contribution is 2.37. The lowest BCUT2D eigenvalue weighted by Crippen LogP contribution is -2.35. The number of ether oxygens (including phenoxy) is 1. The van der Waals surface area contributed by atoms with Crippen LogP contribution in [-0.4, -0.2) is 55.9 Å². The van der Waals surface area contributed by atoms with Gasteiger partial charge in [-0.2, -0.15) is 5.10 Å². The molecular formula is C25H25N7OS. The zero-order valence-electron chi connectivity index (χ0n) is 19.1. The van der Waals surface area contributed by atoms with Gasteiger partial charge in [0.15, 0.2) is 0 Å². The minimum atomic E-state index is 0.156. The Balaban J connectivity index is 1.44. The van der Waals surface area contributed by atoms with Crippen LogP contribution in [-0.2, 0) is 7.05 Å². The fourth-order valence-electron chi connectivity index (χ4n) is 4.43. The number of nitrogens with one attached hydrogen (secondary N) is 1. The quantitative estimate of drug-likeness (QED) is 0.392. The molecule has 3 aromatic heterocycles. The molecule has 8 nitrogen and oxygen atoms in total. The van der Waals surface area contributed by atoms with E-state index in [2.05, 4.69) is 61.6 Å². The van der Waals surface area contributed by atoms with Crippen LogP contribution >= 0.6 is 11.3 Å². The first-order chi connectivity index (χ1) is 16.6. The molecule has 1 N–H and O–H groups in total. The zero-order valence-corrected chi connectivity index (χ0v) is 19.9. The lowest BCUT2D eigenvalue weighted by molar-refractivity contribution is 0.116. The number of aryl methyl sites for hydroxylation is 1. The topological polar surface area (TPSA) is 81.0 Å². The number of nitrogens with zero attached hydrogens (tertiary/aromatic N) is 6. The number of rotatable bonds is 5. The van der Waals surface area contributed by atoms with Gasteiger partial charge in [0.2, 0.25) is 0 Å². The molecule has 1 fully saturated rings. The molecule has 0 amide bonds. The van der Waals surface area contributed by atoms with E-state index < -0.39 is 0 Å². The molecule has 0 saturated carbocycles. The molecule has 0 unspecified atom stereocenters. The Hall–Kier alpha value is -3.56. The summed E-state index contributed by atoms with van der Waals surface area (Å²) in [5.74, 6) is 1.52. The summed E-state index contributed by atoms with van der Waals surface area (Å²) in [6.45, 7) is 2.06. The third-order valence-corrected chi connectivity index (χ3v) is 7.10. The van der Waals surface area contributed by atoms with Gasteiger partial charge in [-0.15, -0.1) is 11.3 Å². The van der Waals surface area contributed by atoms with Crippen molar-refractivity contribution in [3.05, 3.63) is 54.6 Å². The van der Waals surface area contributed by atoms with Crippen LogP contribution in [0.4, 0.5) is 11.5 Å². The van der Waals surface area contributed by atoms with E-state index in [1.165, 1.54) is 0 Å². The van der Waals surface area contributed by atoms with Crippen molar-refractivity contribution < 1.29 is 4.74 Å². The summed E-state index contributed by atoms with van der Waals surface area (Å²) in [5.41, 5.74) is 6.64. The highest BCUT2D eigenvalue weighted by Gasteiger charge is 2.21. The number of hydrogen-bond acceptors (Lipinski definition) is 8. The largest absolute Gasteiger partial charge is 0.489 e. The van der Waals surface area contributed by atoms with Crippen molar-refractivity contribution in [2.45, 2.75) is 18.9 Å². The van der Waals surface area contributed by atoms with Gasteiger partial charge in [-0.3, -0.25) is 4.68 Å². The SMILES string of the molecule is CN1CCC(Oc2cc(-c3cnn(C)c3)cc3ncnc(Nc4ccc5scnc5c4)c23)CC1. The van der Waals surface area contributed by atoms with Crippen LogP contribution in [0.2, 0.25) is 0 Å². The summed E-state index contributed by atoms with van der Waals surface area (Å²) < 4.78 is 9.60. The number of hydrogen-bond donors (Lipinski definition) is 1.